The highest BCUT2D eigenvalue weighted by atomic mass is 16.3. The van der Waals surface area contributed by atoms with Gasteiger partial charge in [0, 0.05) is 13.2 Å². The molecule has 1 aromatic rings. The summed E-state index contributed by atoms with van der Waals surface area (Å²) in [6.45, 7) is 0.447. The van der Waals surface area contributed by atoms with Crippen LogP contribution in [0.5, 0.6) is 0 Å². The number of hydrogen-bond donors (Lipinski definition) is 2. The topological polar surface area (TPSA) is 86.7 Å². The van der Waals surface area contributed by atoms with Crippen molar-refractivity contribution >= 4 is 17.7 Å². The number of aliphatic hydroxyl groups excluding tert-OH is 1. The summed E-state index contributed by atoms with van der Waals surface area (Å²) >= 11 is 0. The Hall–Kier alpha value is -2.21. The van der Waals surface area contributed by atoms with Crippen LogP contribution in [0, 0.1) is 0 Å². The number of rotatable bonds is 8. The number of imide groups is 1. The molecule has 6 nitrogen and oxygen atoms in total. The second-order valence-corrected chi connectivity index (χ2v) is 5.23. The summed E-state index contributed by atoms with van der Waals surface area (Å²) in [5, 5.41) is 11.4. The van der Waals surface area contributed by atoms with Crippen molar-refractivity contribution in [1.82, 2.24) is 10.2 Å². The van der Waals surface area contributed by atoms with Crippen LogP contribution < -0.4 is 5.32 Å². The van der Waals surface area contributed by atoms with Gasteiger partial charge in [-0.25, -0.2) is 0 Å². The first-order chi connectivity index (χ1) is 10.6. The third-order valence-corrected chi connectivity index (χ3v) is 3.59. The van der Waals surface area contributed by atoms with E-state index in [4.69, 9.17) is 5.11 Å². The monoisotopic (exact) mass is 304 g/mol. The van der Waals surface area contributed by atoms with E-state index in [1.165, 1.54) is 0 Å². The van der Waals surface area contributed by atoms with Gasteiger partial charge in [-0.05, 0) is 25.0 Å². The van der Waals surface area contributed by atoms with Gasteiger partial charge in [0.15, 0.2) is 0 Å². The molecule has 0 atom stereocenters. The van der Waals surface area contributed by atoms with Crippen LogP contribution in [0.15, 0.2) is 24.3 Å². The molecule has 1 aliphatic heterocycles. The van der Waals surface area contributed by atoms with Gasteiger partial charge in [0.1, 0.15) is 6.54 Å². The Bertz CT molecular complexity index is 536. The third-order valence-electron chi connectivity index (χ3n) is 3.59. The molecule has 0 saturated heterocycles. The molecule has 0 fully saturated rings. The minimum absolute atomic E-state index is 0.187. The van der Waals surface area contributed by atoms with Crippen molar-refractivity contribution < 1.29 is 19.5 Å². The highest BCUT2D eigenvalue weighted by molar-refractivity contribution is 6.22. The van der Waals surface area contributed by atoms with Crippen LogP contribution in [0.2, 0.25) is 0 Å². The van der Waals surface area contributed by atoms with Gasteiger partial charge >= 0.3 is 0 Å². The molecular formula is C16H20N2O4. The predicted molar refractivity (Wildman–Crippen MR) is 80.4 cm³/mol. The SMILES string of the molecule is O=C(CN1C(=O)c2ccccc2C1=O)NCCCCCCO. The molecule has 0 saturated carbocycles. The first-order valence-corrected chi connectivity index (χ1v) is 7.48. The smallest absolute Gasteiger partial charge is 0.262 e. The summed E-state index contributed by atoms with van der Waals surface area (Å²) in [6.07, 6.45) is 3.43. The number of nitrogens with one attached hydrogen (secondary N) is 1. The molecule has 3 amide bonds. The van der Waals surface area contributed by atoms with Gasteiger partial charge < -0.3 is 10.4 Å². The largest absolute Gasteiger partial charge is 0.396 e. The molecule has 0 aliphatic carbocycles. The molecule has 0 radical (unpaired) electrons. The van der Waals surface area contributed by atoms with Gasteiger partial charge in [0.25, 0.3) is 11.8 Å². The van der Waals surface area contributed by atoms with Crippen LogP contribution in [0.1, 0.15) is 46.4 Å². The second kappa shape index (κ2) is 7.70. The molecule has 6 heteroatoms. The van der Waals surface area contributed by atoms with Crippen molar-refractivity contribution in [3.05, 3.63) is 35.4 Å². The van der Waals surface area contributed by atoms with E-state index in [0.29, 0.717) is 17.7 Å². The van der Waals surface area contributed by atoms with Gasteiger partial charge in [-0.1, -0.05) is 25.0 Å². The lowest BCUT2D eigenvalue weighted by molar-refractivity contribution is -0.121. The summed E-state index contributed by atoms with van der Waals surface area (Å²) in [7, 11) is 0. The van der Waals surface area contributed by atoms with Gasteiger partial charge in [0.2, 0.25) is 5.91 Å². The summed E-state index contributed by atoms with van der Waals surface area (Å²) in [5.74, 6) is -1.17. The van der Waals surface area contributed by atoms with E-state index >= 15 is 0 Å². The number of carbonyl (C=O) groups is 3. The highest BCUT2D eigenvalue weighted by Crippen LogP contribution is 2.21. The molecular weight excluding hydrogens is 284 g/mol. The summed E-state index contributed by atoms with van der Waals surface area (Å²) in [4.78, 5) is 37.0. The fraction of sp³-hybridized carbons (Fsp3) is 0.438. The molecule has 22 heavy (non-hydrogen) atoms. The van der Waals surface area contributed by atoms with E-state index in [2.05, 4.69) is 5.32 Å². The van der Waals surface area contributed by atoms with Crippen molar-refractivity contribution in [2.75, 3.05) is 19.7 Å². The lowest BCUT2D eigenvalue weighted by Crippen LogP contribution is -2.40. The molecule has 0 bridgehead atoms. The van der Waals surface area contributed by atoms with Crippen LogP contribution in [0.25, 0.3) is 0 Å². The number of hydrogen-bond acceptors (Lipinski definition) is 4. The van der Waals surface area contributed by atoms with E-state index < -0.39 is 11.8 Å². The van der Waals surface area contributed by atoms with E-state index in [1.54, 1.807) is 24.3 Å². The zero-order chi connectivity index (χ0) is 15.9. The van der Waals surface area contributed by atoms with Crippen molar-refractivity contribution in [2.45, 2.75) is 25.7 Å². The summed E-state index contributed by atoms with van der Waals surface area (Å²) < 4.78 is 0. The zero-order valence-electron chi connectivity index (χ0n) is 12.4. The van der Waals surface area contributed by atoms with Gasteiger partial charge in [-0.3, -0.25) is 19.3 Å². The van der Waals surface area contributed by atoms with Gasteiger partial charge in [0.05, 0.1) is 11.1 Å². The Morgan fingerprint density at radius 2 is 1.59 bits per heavy atom. The molecule has 1 aliphatic rings. The molecule has 0 unspecified atom stereocenters. The standard InChI is InChI=1S/C16H20N2O4/c19-10-6-2-1-5-9-17-14(20)11-18-15(21)12-7-3-4-8-13(12)16(18)22/h3-4,7-8,19H,1-2,5-6,9-11H2,(H,17,20). The number of amides is 3. The van der Waals surface area contributed by atoms with Crippen molar-refractivity contribution in [3.8, 4) is 0 Å². The Balaban J connectivity index is 1.79. The van der Waals surface area contributed by atoms with E-state index in [-0.39, 0.29) is 19.1 Å². The Labute approximate surface area is 129 Å². The quantitative estimate of drug-likeness (QED) is 0.553. The minimum Gasteiger partial charge on any atom is -0.396 e. The Kier molecular flexibility index (Phi) is 5.66. The highest BCUT2D eigenvalue weighted by Gasteiger charge is 2.36. The van der Waals surface area contributed by atoms with E-state index in [1.807, 2.05) is 0 Å². The average molecular weight is 304 g/mol. The molecule has 1 heterocycles. The first-order valence-electron chi connectivity index (χ1n) is 7.48. The zero-order valence-corrected chi connectivity index (χ0v) is 12.4. The number of nitrogens with zero attached hydrogens (tertiary/aromatic N) is 1. The first kappa shape index (κ1) is 16.2. The van der Waals surface area contributed by atoms with E-state index in [0.717, 1.165) is 30.6 Å². The number of unbranched alkanes of at least 4 members (excludes halogenated alkanes) is 3. The van der Waals surface area contributed by atoms with Gasteiger partial charge in [-0.2, -0.15) is 0 Å². The predicted octanol–water partition coefficient (Wildman–Crippen LogP) is 0.951. The van der Waals surface area contributed by atoms with Crippen molar-refractivity contribution in [2.24, 2.45) is 0 Å². The second-order valence-electron chi connectivity index (χ2n) is 5.23. The Morgan fingerprint density at radius 1 is 1.00 bits per heavy atom. The average Bonchev–Trinajstić information content (AvgIpc) is 2.76. The number of fused-ring (bicyclic) bond motifs is 1. The fourth-order valence-electron chi connectivity index (χ4n) is 2.40. The van der Waals surface area contributed by atoms with Crippen molar-refractivity contribution in [3.63, 3.8) is 0 Å². The summed E-state index contributed by atoms with van der Waals surface area (Å²) in [5.41, 5.74) is 0.702. The fourth-order valence-corrected chi connectivity index (χ4v) is 2.40. The molecule has 2 N–H and O–H groups in total. The summed E-state index contributed by atoms with van der Waals surface area (Å²) in [6, 6.07) is 6.57. The number of carbonyl (C=O) groups excluding carboxylic acids is 3. The van der Waals surface area contributed by atoms with Crippen LogP contribution >= 0.6 is 0 Å². The number of aliphatic hydroxyl groups is 1. The molecule has 118 valence electrons. The molecule has 0 aromatic heterocycles. The third kappa shape index (κ3) is 3.71. The molecule has 0 spiro atoms. The van der Waals surface area contributed by atoms with Crippen LogP contribution in [-0.2, 0) is 4.79 Å². The Morgan fingerprint density at radius 3 is 2.18 bits per heavy atom. The molecule has 1 aromatic carbocycles. The maximum atomic E-state index is 12.1. The lowest BCUT2D eigenvalue weighted by Gasteiger charge is -2.13. The van der Waals surface area contributed by atoms with Crippen LogP contribution in [-0.4, -0.2) is 47.4 Å². The van der Waals surface area contributed by atoms with E-state index in [9.17, 15) is 14.4 Å². The number of benzene rings is 1. The van der Waals surface area contributed by atoms with Gasteiger partial charge in [-0.15, -0.1) is 0 Å². The molecule has 2 rings (SSSR count). The van der Waals surface area contributed by atoms with Crippen molar-refractivity contribution in [1.29, 1.82) is 0 Å². The maximum Gasteiger partial charge on any atom is 0.262 e. The minimum atomic E-state index is -0.418. The van der Waals surface area contributed by atoms with Crippen LogP contribution in [0.3, 0.4) is 0 Å². The van der Waals surface area contributed by atoms with Crippen LogP contribution in [0.4, 0.5) is 0 Å². The maximum absolute atomic E-state index is 12.1. The normalized spacial score (nSPS) is 13.4. The lowest BCUT2D eigenvalue weighted by atomic mass is 10.1.